The van der Waals surface area contributed by atoms with Crippen molar-refractivity contribution in [3.63, 3.8) is 0 Å². The van der Waals surface area contributed by atoms with Crippen LogP contribution in [0.15, 0.2) is 10.6 Å². The summed E-state index contributed by atoms with van der Waals surface area (Å²) in [6, 6.07) is 0.0936. The SMILES string of the molecule is CSC1=C(C(=O)O)N2C(=O)C[C@@H]2C1C. The number of amides is 1. The second-order valence-corrected chi connectivity index (χ2v) is 4.39. The van der Waals surface area contributed by atoms with Gasteiger partial charge in [-0.3, -0.25) is 4.79 Å². The molecule has 1 fully saturated rings. The number of carboxylic acids is 1. The Bertz CT molecular complexity index is 350. The summed E-state index contributed by atoms with van der Waals surface area (Å²) in [5, 5.41) is 9.01. The maximum Gasteiger partial charge on any atom is 0.353 e. The summed E-state index contributed by atoms with van der Waals surface area (Å²) in [5.74, 6) is -0.881. The maximum atomic E-state index is 11.3. The number of carboxylic acid groups (broad SMARTS) is 1. The summed E-state index contributed by atoms with van der Waals surface area (Å²) in [6.45, 7) is 1.98. The molecule has 0 bridgehead atoms. The molecule has 0 aliphatic carbocycles. The van der Waals surface area contributed by atoms with Gasteiger partial charge in [-0.05, 0) is 6.26 Å². The lowest BCUT2D eigenvalue weighted by molar-refractivity contribution is -0.148. The Hall–Kier alpha value is -0.970. The number of nitrogens with zero attached hydrogens (tertiary/aromatic N) is 1. The van der Waals surface area contributed by atoms with Gasteiger partial charge in [0.1, 0.15) is 5.70 Å². The summed E-state index contributed by atoms with van der Waals surface area (Å²) < 4.78 is 0. The molecule has 1 unspecified atom stereocenters. The number of hydrogen-bond donors (Lipinski definition) is 1. The van der Waals surface area contributed by atoms with Crippen molar-refractivity contribution >= 4 is 23.6 Å². The average Bonchev–Trinajstić information content (AvgIpc) is 2.34. The van der Waals surface area contributed by atoms with E-state index in [4.69, 9.17) is 5.11 Å². The highest BCUT2D eigenvalue weighted by molar-refractivity contribution is 8.02. The smallest absolute Gasteiger partial charge is 0.353 e. The van der Waals surface area contributed by atoms with Crippen molar-refractivity contribution < 1.29 is 14.7 Å². The van der Waals surface area contributed by atoms with Gasteiger partial charge in [-0.15, -0.1) is 11.8 Å². The Morgan fingerprint density at radius 2 is 2.29 bits per heavy atom. The molecule has 0 radical (unpaired) electrons. The van der Waals surface area contributed by atoms with Crippen LogP contribution in [0, 0.1) is 5.92 Å². The second kappa shape index (κ2) is 3.02. The molecule has 76 valence electrons. The van der Waals surface area contributed by atoms with Crippen molar-refractivity contribution in [2.45, 2.75) is 19.4 Å². The molecule has 5 heteroatoms. The van der Waals surface area contributed by atoms with Crippen LogP contribution in [-0.2, 0) is 9.59 Å². The van der Waals surface area contributed by atoms with E-state index in [9.17, 15) is 9.59 Å². The van der Waals surface area contributed by atoms with Crippen molar-refractivity contribution in [1.82, 2.24) is 4.90 Å². The molecule has 0 aromatic carbocycles. The van der Waals surface area contributed by atoms with Gasteiger partial charge < -0.3 is 10.0 Å². The van der Waals surface area contributed by atoms with Gasteiger partial charge in [0.05, 0.1) is 6.04 Å². The van der Waals surface area contributed by atoms with Crippen LogP contribution in [0.2, 0.25) is 0 Å². The van der Waals surface area contributed by atoms with E-state index in [0.29, 0.717) is 6.42 Å². The van der Waals surface area contributed by atoms with E-state index in [1.165, 1.54) is 16.7 Å². The fourth-order valence-corrected chi connectivity index (χ4v) is 3.04. The Labute approximate surface area is 86.0 Å². The van der Waals surface area contributed by atoms with Crippen LogP contribution in [-0.4, -0.2) is 34.2 Å². The van der Waals surface area contributed by atoms with E-state index in [-0.39, 0.29) is 23.6 Å². The normalized spacial score (nSPS) is 30.4. The number of thioether (sulfide) groups is 1. The van der Waals surface area contributed by atoms with Crippen LogP contribution in [0.5, 0.6) is 0 Å². The Morgan fingerprint density at radius 1 is 1.64 bits per heavy atom. The van der Waals surface area contributed by atoms with E-state index in [0.717, 1.165) is 4.91 Å². The Morgan fingerprint density at radius 3 is 2.71 bits per heavy atom. The fourth-order valence-electron chi connectivity index (χ4n) is 2.13. The zero-order valence-electron chi connectivity index (χ0n) is 7.98. The third kappa shape index (κ3) is 1.02. The van der Waals surface area contributed by atoms with Gasteiger partial charge in [-0.1, -0.05) is 6.92 Å². The van der Waals surface area contributed by atoms with E-state index in [1.54, 1.807) is 0 Å². The monoisotopic (exact) mass is 213 g/mol. The lowest BCUT2D eigenvalue weighted by Gasteiger charge is -2.37. The van der Waals surface area contributed by atoms with Crippen molar-refractivity contribution in [2.75, 3.05) is 6.26 Å². The molecule has 4 nitrogen and oxygen atoms in total. The number of rotatable bonds is 2. The third-order valence-corrected chi connectivity index (χ3v) is 3.88. The molecule has 2 rings (SSSR count). The zero-order chi connectivity index (χ0) is 10.5. The highest BCUT2D eigenvalue weighted by Gasteiger charge is 2.51. The second-order valence-electron chi connectivity index (χ2n) is 3.55. The summed E-state index contributed by atoms with van der Waals surface area (Å²) in [7, 11) is 0. The van der Waals surface area contributed by atoms with Crippen molar-refractivity contribution in [1.29, 1.82) is 0 Å². The summed E-state index contributed by atoms with van der Waals surface area (Å²) in [4.78, 5) is 24.5. The van der Waals surface area contributed by atoms with Crippen LogP contribution in [0.3, 0.4) is 0 Å². The molecule has 2 aliphatic rings. The predicted octanol–water partition coefficient (Wildman–Crippen LogP) is 0.896. The van der Waals surface area contributed by atoms with Gasteiger partial charge in [0.2, 0.25) is 5.91 Å². The van der Waals surface area contributed by atoms with Gasteiger partial charge in [0.15, 0.2) is 0 Å². The molecule has 0 saturated carbocycles. The highest BCUT2D eigenvalue weighted by atomic mass is 32.2. The third-order valence-electron chi connectivity index (χ3n) is 2.87. The molecule has 0 aromatic heterocycles. The minimum absolute atomic E-state index is 0.0664. The van der Waals surface area contributed by atoms with Gasteiger partial charge in [0, 0.05) is 17.2 Å². The fraction of sp³-hybridized carbons (Fsp3) is 0.556. The topological polar surface area (TPSA) is 57.6 Å². The Kier molecular flexibility index (Phi) is 2.06. The van der Waals surface area contributed by atoms with Crippen LogP contribution in [0.25, 0.3) is 0 Å². The largest absolute Gasteiger partial charge is 0.477 e. The van der Waals surface area contributed by atoms with Crippen molar-refractivity contribution in [3.8, 4) is 0 Å². The summed E-state index contributed by atoms with van der Waals surface area (Å²) in [6.07, 6.45) is 2.34. The number of aliphatic carboxylic acids is 1. The van der Waals surface area contributed by atoms with Gasteiger partial charge >= 0.3 is 5.97 Å². The zero-order valence-corrected chi connectivity index (χ0v) is 8.80. The minimum Gasteiger partial charge on any atom is -0.477 e. The predicted molar refractivity (Wildman–Crippen MR) is 52.6 cm³/mol. The number of carbonyl (C=O) groups excluding carboxylic acids is 1. The van der Waals surface area contributed by atoms with Crippen LogP contribution >= 0.6 is 11.8 Å². The molecule has 1 N–H and O–H groups in total. The first-order valence-electron chi connectivity index (χ1n) is 4.41. The average molecular weight is 213 g/mol. The molecule has 14 heavy (non-hydrogen) atoms. The van der Waals surface area contributed by atoms with Gasteiger partial charge in [-0.2, -0.15) is 0 Å². The first-order chi connectivity index (χ1) is 6.57. The van der Waals surface area contributed by atoms with Gasteiger partial charge in [-0.25, -0.2) is 4.79 Å². The number of hydrogen-bond acceptors (Lipinski definition) is 3. The quantitative estimate of drug-likeness (QED) is 0.692. The maximum absolute atomic E-state index is 11.3. The standard InChI is InChI=1S/C9H11NO3S/c1-4-5-3-6(11)10(5)7(9(12)13)8(4)14-2/h4-5H,3H2,1-2H3,(H,12,13)/t4?,5-/m1/s1. The van der Waals surface area contributed by atoms with Crippen molar-refractivity contribution in [2.24, 2.45) is 5.92 Å². The van der Waals surface area contributed by atoms with Crippen molar-refractivity contribution in [3.05, 3.63) is 10.6 Å². The molecule has 0 spiro atoms. The molecular weight excluding hydrogens is 202 g/mol. The van der Waals surface area contributed by atoms with E-state index >= 15 is 0 Å². The molecule has 0 aromatic rings. The van der Waals surface area contributed by atoms with Gasteiger partial charge in [0.25, 0.3) is 0 Å². The molecule has 1 saturated heterocycles. The molecule has 2 atom stereocenters. The molecular formula is C9H11NO3S. The Balaban J connectivity index is 2.42. The number of β-lactam (4-membered cyclic amide) rings is 1. The lowest BCUT2D eigenvalue weighted by Crippen LogP contribution is -2.51. The summed E-state index contributed by atoms with van der Waals surface area (Å²) >= 11 is 1.43. The first kappa shape index (κ1) is 9.58. The summed E-state index contributed by atoms with van der Waals surface area (Å²) in [5.41, 5.74) is 0.200. The first-order valence-corrected chi connectivity index (χ1v) is 5.64. The minimum atomic E-state index is -0.989. The van der Waals surface area contributed by atoms with Crippen LogP contribution < -0.4 is 0 Å². The number of carbonyl (C=O) groups is 2. The molecule has 2 aliphatic heterocycles. The van der Waals surface area contributed by atoms with Crippen LogP contribution in [0.4, 0.5) is 0 Å². The number of fused-ring (bicyclic) bond motifs is 1. The highest BCUT2D eigenvalue weighted by Crippen LogP contribution is 2.45. The van der Waals surface area contributed by atoms with E-state index in [2.05, 4.69) is 0 Å². The van der Waals surface area contributed by atoms with E-state index < -0.39 is 5.97 Å². The molecule has 2 heterocycles. The lowest BCUT2D eigenvalue weighted by atomic mass is 9.94. The molecule has 1 amide bonds. The van der Waals surface area contributed by atoms with E-state index in [1.807, 2.05) is 13.2 Å². The van der Waals surface area contributed by atoms with Crippen LogP contribution in [0.1, 0.15) is 13.3 Å².